The SMILES string of the molecule is [CH]1CCC2(CC1)OCCO2. The predicted molar refractivity (Wildman–Crippen MR) is 37.4 cm³/mol. The molecular formula is C8H13O2. The molecule has 0 atom stereocenters. The van der Waals surface area contributed by atoms with E-state index in [2.05, 4.69) is 6.42 Å². The van der Waals surface area contributed by atoms with Crippen LogP contribution in [0, 0.1) is 6.42 Å². The summed E-state index contributed by atoms with van der Waals surface area (Å²) in [5.41, 5.74) is 0. The third-order valence-electron chi connectivity index (χ3n) is 2.27. The van der Waals surface area contributed by atoms with Crippen LogP contribution in [-0.2, 0) is 9.47 Å². The maximum atomic E-state index is 5.54. The van der Waals surface area contributed by atoms with Gasteiger partial charge in [-0.2, -0.15) is 0 Å². The summed E-state index contributed by atoms with van der Waals surface area (Å²) in [7, 11) is 0. The smallest absolute Gasteiger partial charge is 0.168 e. The van der Waals surface area contributed by atoms with E-state index in [9.17, 15) is 0 Å². The van der Waals surface area contributed by atoms with E-state index < -0.39 is 0 Å². The van der Waals surface area contributed by atoms with Gasteiger partial charge in [-0.25, -0.2) is 0 Å². The van der Waals surface area contributed by atoms with Gasteiger partial charge < -0.3 is 9.47 Å². The maximum absolute atomic E-state index is 5.54. The number of rotatable bonds is 0. The number of ether oxygens (including phenoxy) is 2. The minimum absolute atomic E-state index is 0.158. The highest BCUT2D eigenvalue weighted by Gasteiger charge is 2.37. The molecule has 0 amide bonds. The van der Waals surface area contributed by atoms with Gasteiger partial charge in [0.2, 0.25) is 0 Å². The molecule has 0 aromatic rings. The molecule has 2 aliphatic rings. The quantitative estimate of drug-likeness (QED) is 0.509. The molecule has 1 aliphatic carbocycles. The van der Waals surface area contributed by atoms with Gasteiger partial charge in [-0.05, 0) is 19.3 Å². The zero-order valence-electron chi connectivity index (χ0n) is 6.14. The van der Waals surface area contributed by atoms with Crippen molar-refractivity contribution in [3.05, 3.63) is 6.42 Å². The van der Waals surface area contributed by atoms with Gasteiger partial charge in [-0.3, -0.25) is 0 Å². The van der Waals surface area contributed by atoms with Crippen LogP contribution in [0.2, 0.25) is 0 Å². The average Bonchev–Trinajstić information content (AvgIpc) is 2.39. The minimum atomic E-state index is -0.158. The van der Waals surface area contributed by atoms with Crippen molar-refractivity contribution in [2.75, 3.05) is 13.2 Å². The molecule has 1 aliphatic heterocycles. The fourth-order valence-electron chi connectivity index (χ4n) is 1.70. The monoisotopic (exact) mass is 141 g/mol. The largest absolute Gasteiger partial charge is 0.348 e. The molecule has 0 unspecified atom stereocenters. The van der Waals surface area contributed by atoms with Gasteiger partial charge in [0.25, 0.3) is 0 Å². The molecule has 57 valence electrons. The Hall–Kier alpha value is -0.0800. The molecule has 2 nitrogen and oxygen atoms in total. The molecule has 0 bridgehead atoms. The standard InChI is InChI=1S/C8H13O2/c1-2-4-8(5-3-1)9-6-7-10-8/h1H,2-7H2. The van der Waals surface area contributed by atoms with Crippen molar-refractivity contribution in [1.29, 1.82) is 0 Å². The lowest BCUT2D eigenvalue weighted by Crippen LogP contribution is -2.32. The van der Waals surface area contributed by atoms with Gasteiger partial charge in [-0.1, -0.05) is 0 Å². The summed E-state index contributed by atoms with van der Waals surface area (Å²) in [4.78, 5) is 0. The van der Waals surface area contributed by atoms with E-state index in [-0.39, 0.29) is 5.79 Å². The molecule has 2 rings (SSSR count). The molecule has 10 heavy (non-hydrogen) atoms. The Morgan fingerprint density at radius 3 is 2.20 bits per heavy atom. The second kappa shape index (κ2) is 2.51. The average molecular weight is 141 g/mol. The Morgan fingerprint density at radius 2 is 1.60 bits per heavy atom. The van der Waals surface area contributed by atoms with E-state index in [4.69, 9.17) is 9.47 Å². The number of hydrogen-bond acceptors (Lipinski definition) is 2. The first-order valence-corrected chi connectivity index (χ1v) is 4.01. The third-order valence-corrected chi connectivity index (χ3v) is 2.27. The molecule has 0 aromatic heterocycles. The third kappa shape index (κ3) is 1.06. The van der Waals surface area contributed by atoms with Crippen LogP contribution in [0.25, 0.3) is 0 Å². The Kier molecular flexibility index (Phi) is 1.66. The van der Waals surface area contributed by atoms with Gasteiger partial charge in [0.1, 0.15) is 0 Å². The van der Waals surface area contributed by atoms with Crippen LogP contribution >= 0.6 is 0 Å². The highest BCUT2D eigenvalue weighted by Crippen LogP contribution is 2.34. The molecule has 1 radical (unpaired) electrons. The zero-order chi connectivity index (χ0) is 6.86. The van der Waals surface area contributed by atoms with Crippen LogP contribution < -0.4 is 0 Å². The molecule has 0 N–H and O–H groups in total. The van der Waals surface area contributed by atoms with Gasteiger partial charge in [-0.15, -0.1) is 0 Å². The van der Waals surface area contributed by atoms with E-state index in [1.165, 1.54) is 0 Å². The lowest BCUT2D eigenvalue weighted by molar-refractivity contribution is -0.172. The fourth-order valence-corrected chi connectivity index (χ4v) is 1.70. The summed E-state index contributed by atoms with van der Waals surface area (Å²) in [5.74, 6) is -0.158. The summed E-state index contributed by atoms with van der Waals surface area (Å²) in [6.07, 6.45) is 6.75. The summed E-state index contributed by atoms with van der Waals surface area (Å²) in [5, 5.41) is 0. The molecule has 0 aromatic carbocycles. The van der Waals surface area contributed by atoms with Crippen molar-refractivity contribution >= 4 is 0 Å². The molecule has 1 heterocycles. The Labute approximate surface area is 61.5 Å². The highest BCUT2D eigenvalue weighted by molar-refractivity contribution is 4.85. The van der Waals surface area contributed by atoms with Gasteiger partial charge in [0.15, 0.2) is 5.79 Å². The fraction of sp³-hybridized carbons (Fsp3) is 0.875. The van der Waals surface area contributed by atoms with Crippen molar-refractivity contribution in [2.24, 2.45) is 0 Å². The minimum Gasteiger partial charge on any atom is -0.348 e. The zero-order valence-corrected chi connectivity index (χ0v) is 6.14. The molecular weight excluding hydrogens is 128 g/mol. The molecule has 2 fully saturated rings. The first-order valence-electron chi connectivity index (χ1n) is 4.01. The van der Waals surface area contributed by atoms with Crippen molar-refractivity contribution in [3.8, 4) is 0 Å². The van der Waals surface area contributed by atoms with Crippen LogP contribution in [0.3, 0.4) is 0 Å². The predicted octanol–water partition coefficient (Wildman–Crippen LogP) is 1.51. The van der Waals surface area contributed by atoms with E-state index in [0.717, 1.165) is 38.9 Å². The highest BCUT2D eigenvalue weighted by atomic mass is 16.7. The summed E-state index contributed by atoms with van der Waals surface area (Å²) >= 11 is 0. The lowest BCUT2D eigenvalue weighted by Gasteiger charge is -2.30. The molecule has 1 saturated carbocycles. The molecule has 2 heteroatoms. The molecule has 1 saturated heterocycles. The Bertz CT molecular complexity index is 108. The normalized spacial score (nSPS) is 31.2. The van der Waals surface area contributed by atoms with E-state index in [0.29, 0.717) is 0 Å². The van der Waals surface area contributed by atoms with E-state index in [1.807, 2.05) is 0 Å². The van der Waals surface area contributed by atoms with Crippen molar-refractivity contribution in [1.82, 2.24) is 0 Å². The van der Waals surface area contributed by atoms with Crippen molar-refractivity contribution < 1.29 is 9.47 Å². The van der Waals surface area contributed by atoms with Gasteiger partial charge in [0, 0.05) is 12.8 Å². The van der Waals surface area contributed by atoms with Crippen molar-refractivity contribution in [3.63, 3.8) is 0 Å². The number of hydrogen-bond donors (Lipinski definition) is 0. The summed E-state index contributed by atoms with van der Waals surface area (Å²) in [6.45, 7) is 1.58. The first kappa shape index (κ1) is 6.62. The Balaban J connectivity index is 1.98. The van der Waals surface area contributed by atoms with Crippen LogP contribution in [0.15, 0.2) is 0 Å². The van der Waals surface area contributed by atoms with Crippen LogP contribution in [0.5, 0.6) is 0 Å². The van der Waals surface area contributed by atoms with Crippen LogP contribution in [0.1, 0.15) is 25.7 Å². The van der Waals surface area contributed by atoms with Gasteiger partial charge in [0.05, 0.1) is 13.2 Å². The van der Waals surface area contributed by atoms with E-state index in [1.54, 1.807) is 0 Å². The first-order chi connectivity index (χ1) is 4.91. The molecule has 1 spiro atoms. The Morgan fingerprint density at radius 1 is 1.00 bits per heavy atom. The van der Waals surface area contributed by atoms with E-state index >= 15 is 0 Å². The topological polar surface area (TPSA) is 18.5 Å². The van der Waals surface area contributed by atoms with Crippen LogP contribution in [-0.4, -0.2) is 19.0 Å². The second-order valence-electron chi connectivity index (χ2n) is 2.97. The second-order valence-corrected chi connectivity index (χ2v) is 2.97. The van der Waals surface area contributed by atoms with Gasteiger partial charge >= 0.3 is 0 Å². The van der Waals surface area contributed by atoms with Crippen molar-refractivity contribution in [2.45, 2.75) is 31.5 Å². The van der Waals surface area contributed by atoms with Crippen LogP contribution in [0.4, 0.5) is 0 Å². The maximum Gasteiger partial charge on any atom is 0.168 e. The summed E-state index contributed by atoms with van der Waals surface area (Å²) in [6, 6.07) is 0. The summed E-state index contributed by atoms with van der Waals surface area (Å²) < 4.78 is 11.1. The lowest BCUT2D eigenvalue weighted by atomic mass is 9.94.